The SMILES string of the molecule is CS(=O)(=O)[O-].CS(=O)(=O)[O-].[Co+2]. The Kier molecular flexibility index (Phi) is 9.36. The van der Waals surface area contributed by atoms with Crippen LogP contribution < -0.4 is 0 Å². The summed E-state index contributed by atoms with van der Waals surface area (Å²) in [6, 6.07) is 0. The zero-order valence-corrected chi connectivity index (χ0v) is 8.27. The molecule has 0 atom stereocenters. The van der Waals surface area contributed by atoms with E-state index in [9.17, 15) is 0 Å². The van der Waals surface area contributed by atoms with Crippen LogP contribution in [0.5, 0.6) is 0 Å². The zero-order valence-electron chi connectivity index (χ0n) is 5.60. The van der Waals surface area contributed by atoms with Crippen molar-refractivity contribution < 1.29 is 42.7 Å². The first-order valence-corrected chi connectivity index (χ1v) is 5.45. The molecule has 0 aromatic heterocycles. The van der Waals surface area contributed by atoms with Crippen LogP contribution in [-0.4, -0.2) is 38.5 Å². The fraction of sp³-hybridized carbons (Fsp3) is 1.00. The van der Waals surface area contributed by atoms with Crippen LogP contribution in [0.15, 0.2) is 0 Å². The molecule has 9 heteroatoms. The maximum atomic E-state index is 9.08. The summed E-state index contributed by atoms with van der Waals surface area (Å²) in [4.78, 5) is 0. The van der Waals surface area contributed by atoms with Gasteiger partial charge in [-0.25, -0.2) is 16.8 Å². The summed E-state index contributed by atoms with van der Waals surface area (Å²) in [5.74, 6) is 0. The molecular formula is C2H6CoO6S2. The van der Waals surface area contributed by atoms with Crippen LogP contribution in [0.4, 0.5) is 0 Å². The topological polar surface area (TPSA) is 114 Å². The van der Waals surface area contributed by atoms with E-state index in [1.807, 2.05) is 0 Å². The average molecular weight is 249 g/mol. The van der Waals surface area contributed by atoms with Crippen LogP contribution in [0, 0.1) is 0 Å². The molecule has 1 radical (unpaired) electrons. The van der Waals surface area contributed by atoms with Gasteiger partial charge in [-0.1, -0.05) is 0 Å². The third-order valence-corrected chi connectivity index (χ3v) is 0. The van der Waals surface area contributed by atoms with Crippen molar-refractivity contribution in [1.82, 2.24) is 0 Å². The van der Waals surface area contributed by atoms with E-state index in [1.165, 1.54) is 0 Å². The molecule has 0 spiro atoms. The molecular weight excluding hydrogens is 243 g/mol. The summed E-state index contributed by atoms with van der Waals surface area (Å²) in [5, 5.41) is 0. The Bertz CT molecular complexity index is 215. The van der Waals surface area contributed by atoms with Gasteiger partial charge in [0.25, 0.3) is 0 Å². The van der Waals surface area contributed by atoms with Crippen molar-refractivity contribution in [3.8, 4) is 0 Å². The summed E-state index contributed by atoms with van der Waals surface area (Å²) < 4.78 is 54.5. The molecule has 0 heterocycles. The molecule has 0 aliphatic heterocycles. The third kappa shape index (κ3) is 6720. The minimum Gasteiger partial charge on any atom is -0.748 e. The second kappa shape index (κ2) is 5.91. The van der Waals surface area contributed by atoms with Gasteiger partial charge in [-0.05, 0) is 0 Å². The molecule has 0 rings (SSSR count). The van der Waals surface area contributed by atoms with Gasteiger partial charge in [0.15, 0.2) is 0 Å². The Labute approximate surface area is 75.7 Å². The molecule has 0 fully saturated rings. The fourth-order valence-corrected chi connectivity index (χ4v) is 0. The quantitative estimate of drug-likeness (QED) is 0.473. The van der Waals surface area contributed by atoms with Gasteiger partial charge in [-0.15, -0.1) is 0 Å². The summed E-state index contributed by atoms with van der Waals surface area (Å²) in [7, 11) is -7.83. The number of rotatable bonds is 0. The van der Waals surface area contributed by atoms with Gasteiger partial charge in [0.1, 0.15) is 0 Å². The van der Waals surface area contributed by atoms with Gasteiger partial charge in [0.2, 0.25) is 0 Å². The monoisotopic (exact) mass is 249 g/mol. The molecule has 0 aromatic rings. The molecule has 0 saturated heterocycles. The first-order valence-electron chi connectivity index (χ1n) is 1.82. The Morgan fingerprint density at radius 3 is 0.818 bits per heavy atom. The van der Waals surface area contributed by atoms with Crippen molar-refractivity contribution in [3.63, 3.8) is 0 Å². The molecule has 0 saturated carbocycles. The molecule has 0 aromatic carbocycles. The van der Waals surface area contributed by atoms with Crippen LogP contribution in [0.3, 0.4) is 0 Å². The van der Waals surface area contributed by atoms with Crippen LogP contribution in [0.1, 0.15) is 0 Å². The van der Waals surface area contributed by atoms with Gasteiger partial charge in [0.05, 0.1) is 20.2 Å². The summed E-state index contributed by atoms with van der Waals surface area (Å²) in [5.41, 5.74) is 0. The second-order valence-corrected chi connectivity index (χ2v) is 4.22. The largest absolute Gasteiger partial charge is 2.00 e. The van der Waals surface area contributed by atoms with Crippen molar-refractivity contribution in [2.45, 2.75) is 0 Å². The van der Waals surface area contributed by atoms with Crippen molar-refractivity contribution in [2.75, 3.05) is 12.5 Å². The van der Waals surface area contributed by atoms with Gasteiger partial charge in [0, 0.05) is 12.5 Å². The fourth-order valence-electron chi connectivity index (χ4n) is 0. The van der Waals surface area contributed by atoms with Crippen molar-refractivity contribution >= 4 is 20.2 Å². The van der Waals surface area contributed by atoms with Crippen molar-refractivity contribution in [2.24, 2.45) is 0 Å². The number of hydrogen-bond acceptors (Lipinski definition) is 6. The maximum absolute atomic E-state index is 9.08. The summed E-state index contributed by atoms with van der Waals surface area (Å²) in [6.07, 6.45) is 1.21. The Morgan fingerprint density at radius 2 is 0.818 bits per heavy atom. The minimum atomic E-state index is -3.92. The van der Waals surface area contributed by atoms with Crippen LogP contribution in [0.25, 0.3) is 0 Å². The maximum Gasteiger partial charge on any atom is 2.00 e. The Morgan fingerprint density at radius 1 is 0.818 bits per heavy atom. The van der Waals surface area contributed by atoms with E-state index in [2.05, 4.69) is 0 Å². The van der Waals surface area contributed by atoms with E-state index in [1.54, 1.807) is 0 Å². The zero-order chi connectivity index (χ0) is 9.00. The molecule has 71 valence electrons. The predicted octanol–water partition coefficient (Wildman–Crippen LogP) is -1.68. The molecule has 6 nitrogen and oxygen atoms in total. The molecule has 0 unspecified atom stereocenters. The smallest absolute Gasteiger partial charge is 0.748 e. The summed E-state index contributed by atoms with van der Waals surface area (Å²) in [6.45, 7) is 0. The third-order valence-electron chi connectivity index (χ3n) is 0. The first kappa shape index (κ1) is 17.4. The summed E-state index contributed by atoms with van der Waals surface area (Å²) >= 11 is 0. The van der Waals surface area contributed by atoms with Crippen molar-refractivity contribution in [1.29, 1.82) is 0 Å². The number of hydrogen-bond donors (Lipinski definition) is 0. The van der Waals surface area contributed by atoms with E-state index >= 15 is 0 Å². The minimum absolute atomic E-state index is 0. The van der Waals surface area contributed by atoms with Crippen LogP contribution in [0.2, 0.25) is 0 Å². The molecule has 0 amide bonds. The standard InChI is InChI=1S/2CH4O3S.Co/c2*1-5(2,3)4;/h2*1H3,(H,2,3,4);/q;;+2/p-2. The normalized spacial score (nSPS) is 10.5. The van der Waals surface area contributed by atoms with Gasteiger partial charge in [-0.2, -0.15) is 0 Å². The molecule has 0 aliphatic carbocycles. The predicted molar refractivity (Wildman–Crippen MR) is 31.2 cm³/mol. The van der Waals surface area contributed by atoms with E-state index in [-0.39, 0.29) is 16.8 Å². The van der Waals surface area contributed by atoms with E-state index in [0.29, 0.717) is 12.5 Å². The van der Waals surface area contributed by atoms with Gasteiger partial charge in [-0.3, -0.25) is 0 Å². The Hall–Kier alpha value is 0.326. The van der Waals surface area contributed by atoms with E-state index in [0.717, 1.165) is 0 Å². The van der Waals surface area contributed by atoms with E-state index < -0.39 is 20.2 Å². The average Bonchev–Trinajstić information content (AvgIpc) is 1.12. The second-order valence-electron chi connectivity index (χ2n) is 1.41. The van der Waals surface area contributed by atoms with Gasteiger partial charge < -0.3 is 9.11 Å². The van der Waals surface area contributed by atoms with Crippen LogP contribution >= 0.6 is 0 Å². The molecule has 0 bridgehead atoms. The van der Waals surface area contributed by atoms with Crippen LogP contribution in [-0.2, 0) is 37.0 Å². The van der Waals surface area contributed by atoms with E-state index in [4.69, 9.17) is 25.9 Å². The first-order chi connectivity index (χ1) is 4.00. The van der Waals surface area contributed by atoms with Crippen molar-refractivity contribution in [3.05, 3.63) is 0 Å². The van der Waals surface area contributed by atoms with Gasteiger partial charge >= 0.3 is 16.8 Å². The molecule has 11 heavy (non-hydrogen) atoms. The molecule has 0 N–H and O–H groups in total. The Balaban J connectivity index is -0.000000107. The molecule has 0 aliphatic rings.